The Morgan fingerprint density at radius 1 is 0.400 bits per heavy atom. The van der Waals surface area contributed by atoms with E-state index < -0.39 is 0 Å². The maximum absolute atomic E-state index is 6.79. The van der Waals surface area contributed by atoms with Crippen LogP contribution in [0, 0.1) is 0 Å². The normalized spacial score (nSPS) is 11.5. The van der Waals surface area contributed by atoms with Crippen LogP contribution in [-0.2, 0) is 0 Å². The molecule has 40 heavy (non-hydrogen) atoms. The third-order valence-corrected chi connectivity index (χ3v) is 7.83. The van der Waals surface area contributed by atoms with Gasteiger partial charge in [0.05, 0.1) is 5.69 Å². The standard InChI is InChI=1S/C38H25NO/c1-2-12-26(13-3-1)32-18-10-19-33-36-31-17-7-6-15-28(31)24-35(38(36)40-37(32)33)39-34-20-9-8-16-30(34)29-22-21-25-11-4-5-14-27(25)23-29/h1-24,39H. The number of benzene rings is 7. The minimum atomic E-state index is 0.866. The molecule has 188 valence electrons. The van der Waals surface area contributed by atoms with Crippen molar-refractivity contribution >= 4 is 54.9 Å². The Labute approximate surface area is 232 Å². The van der Waals surface area contributed by atoms with Crippen LogP contribution in [0.15, 0.2) is 150 Å². The lowest BCUT2D eigenvalue weighted by molar-refractivity contribution is 0.671. The third kappa shape index (κ3) is 3.65. The summed E-state index contributed by atoms with van der Waals surface area (Å²) in [6, 6.07) is 51.3. The summed E-state index contributed by atoms with van der Waals surface area (Å²) < 4.78 is 6.79. The number of para-hydroxylation sites is 2. The van der Waals surface area contributed by atoms with Crippen molar-refractivity contribution in [1.29, 1.82) is 0 Å². The van der Waals surface area contributed by atoms with E-state index in [4.69, 9.17) is 4.42 Å². The second-order valence-corrected chi connectivity index (χ2v) is 10.2. The predicted octanol–water partition coefficient (Wildman–Crippen LogP) is 11.0. The number of fused-ring (bicyclic) bond motifs is 6. The first-order valence-electron chi connectivity index (χ1n) is 13.6. The van der Waals surface area contributed by atoms with E-state index in [0.717, 1.165) is 50.0 Å². The van der Waals surface area contributed by atoms with Crippen molar-refractivity contribution in [2.45, 2.75) is 0 Å². The van der Waals surface area contributed by atoms with Crippen LogP contribution in [0.1, 0.15) is 0 Å². The number of rotatable bonds is 4. The van der Waals surface area contributed by atoms with Gasteiger partial charge in [0.2, 0.25) is 0 Å². The van der Waals surface area contributed by atoms with E-state index in [1.54, 1.807) is 0 Å². The van der Waals surface area contributed by atoms with Gasteiger partial charge in [0.25, 0.3) is 0 Å². The van der Waals surface area contributed by atoms with E-state index in [2.05, 4.69) is 145 Å². The molecule has 0 saturated carbocycles. The van der Waals surface area contributed by atoms with Crippen LogP contribution in [0.2, 0.25) is 0 Å². The van der Waals surface area contributed by atoms with Gasteiger partial charge in [0.15, 0.2) is 5.58 Å². The lowest BCUT2D eigenvalue weighted by Crippen LogP contribution is -1.94. The first-order valence-corrected chi connectivity index (χ1v) is 13.6. The zero-order chi connectivity index (χ0) is 26.5. The Hall–Kier alpha value is -5.34. The molecule has 0 aliphatic rings. The molecule has 0 amide bonds. The van der Waals surface area contributed by atoms with Crippen molar-refractivity contribution < 1.29 is 4.42 Å². The molecular weight excluding hydrogens is 486 g/mol. The number of nitrogens with one attached hydrogen (secondary N) is 1. The smallest absolute Gasteiger partial charge is 0.159 e. The van der Waals surface area contributed by atoms with Gasteiger partial charge in [-0.05, 0) is 50.9 Å². The summed E-state index contributed by atoms with van der Waals surface area (Å²) in [5.74, 6) is 0. The fourth-order valence-electron chi connectivity index (χ4n) is 5.93. The van der Waals surface area contributed by atoms with Crippen molar-refractivity contribution in [1.82, 2.24) is 0 Å². The molecule has 0 unspecified atom stereocenters. The van der Waals surface area contributed by atoms with Crippen LogP contribution >= 0.6 is 0 Å². The zero-order valence-corrected chi connectivity index (χ0v) is 21.8. The average Bonchev–Trinajstić information content (AvgIpc) is 3.42. The van der Waals surface area contributed by atoms with Gasteiger partial charge in [-0.15, -0.1) is 0 Å². The summed E-state index contributed by atoms with van der Waals surface area (Å²) >= 11 is 0. The van der Waals surface area contributed by atoms with Gasteiger partial charge in [0, 0.05) is 27.6 Å². The predicted molar refractivity (Wildman–Crippen MR) is 169 cm³/mol. The van der Waals surface area contributed by atoms with E-state index in [0.29, 0.717) is 0 Å². The summed E-state index contributed by atoms with van der Waals surface area (Å²) in [6.45, 7) is 0. The summed E-state index contributed by atoms with van der Waals surface area (Å²) in [7, 11) is 0. The monoisotopic (exact) mass is 511 g/mol. The number of anilines is 2. The van der Waals surface area contributed by atoms with Crippen LogP contribution in [0.3, 0.4) is 0 Å². The molecule has 8 aromatic rings. The van der Waals surface area contributed by atoms with Crippen molar-refractivity contribution in [3.63, 3.8) is 0 Å². The first kappa shape index (κ1) is 22.6. The Bertz CT molecular complexity index is 2190. The maximum Gasteiger partial charge on any atom is 0.159 e. The maximum atomic E-state index is 6.79. The molecule has 2 nitrogen and oxygen atoms in total. The van der Waals surface area contributed by atoms with E-state index >= 15 is 0 Å². The highest BCUT2D eigenvalue weighted by Crippen LogP contribution is 2.44. The number of hydrogen-bond acceptors (Lipinski definition) is 2. The molecule has 7 aromatic carbocycles. The van der Waals surface area contributed by atoms with Crippen molar-refractivity contribution in [3.05, 3.63) is 146 Å². The van der Waals surface area contributed by atoms with Gasteiger partial charge in [-0.2, -0.15) is 0 Å². The average molecular weight is 512 g/mol. The Morgan fingerprint density at radius 2 is 1.10 bits per heavy atom. The van der Waals surface area contributed by atoms with Gasteiger partial charge in [0.1, 0.15) is 5.58 Å². The minimum Gasteiger partial charge on any atom is -0.453 e. The third-order valence-electron chi connectivity index (χ3n) is 7.83. The lowest BCUT2D eigenvalue weighted by atomic mass is 9.98. The Kier molecular flexibility index (Phi) is 5.17. The molecule has 1 N–H and O–H groups in total. The van der Waals surface area contributed by atoms with Crippen LogP contribution < -0.4 is 5.32 Å². The molecule has 0 aliphatic carbocycles. The molecule has 1 aromatic heterocycles. The Morgan fingerprint density at radius 3 is 2.00 bits per heavy atom. The fourth-order valence-corrected chi connectivity index (χ4v) is 5.93. The highest BCUT2D eigenvalue weighted by Gasteiger charge is 2.18. The van der Waals surface area contributed by atoms with Gasteiger partial charge in [-0.1, -0.05) is 127 Å². The van der Waals surface area contributed by atoms with Crippen molar-refractivity contribution in [2.75, 3.05) is 5.32 Å². The first-order chi connectivity index (χ1) is 19.8. The second-order valence-electron chi connectivity index (χ2n) is 10.2. The lowest BCUT2D eigenvalue weighted by Gasteiger charge is -2.14. The van der Waals surface area contributed by atoms with Gasteiger partial charge < -0.3 is 9.73 Å². The molecular formula is C38H25NO. The molecule has 0 aliphatic heterocycles. The van der Waals surface area contributed by atoms with Crippen LogP contribution in [0.25, 0.3) is 65.7 Å². The van der Waals surface area contributed by atoms with E-state index in [1.165, 1.54) is 27.1 Å². The van der Waals surface area contributed by atoms with Crippen LogP contribution in [-0.4, -0.2) is 0 Å². The summed E-state index contributed by atoms with van der Waals surface area (Å²) in [5, 5.41) is 10.9. The highest BCUT2D eigenvalue weighted by molar-refractivity contribution is 6.24. The second kappa shape index (κ2) is 9.14. The van der Waals surface area contributed by atoms with Crippen LogP contribution in [0.5, 0.6) is 0 Å². The minimum absolute atomic E-state index is 0.866. The molecule has 8 rings (SSSR count). The molecule has 0 bridgehead atoms. The molecule has 0 atom stereocenters. The largest absolute Gasteiger partial charge is 0.453 e. The summed E-state index contributed by atoms with van der Waals surface area (Å²) in [4.78, 5) is 0. The Balaban J connectivity index is 1.35. The van der Waals surface area contributed by atoms with Gasteiger partial charge >= 0.3 is 0 Å². The fraction of sp³-hybridized carbons (Fsp3) is 0. The summed E-state index contributed by atoms with van der Waals surface area (Å²) in [6.07, 6.45) is 0. The molecule has 1 heterocycles. The molecule has 0 fully saturated rings. The van der Waals surface area contributed by atoms with E-state index in [9.17, 15) is 0 Å². The van der Waals surface area contributed by atoms with Gasteiger partial charge in [-0.3, -0.25) is 0 Å². The topological polar surface area (TPSA) is 25.2 Å². The molecule has 2 heteroatoms. The SMILES string of the molecule is c1ccc(-c2cccc3c2oc2c(Nc4ccccc4-c4ccc5ccccc5c4)cc4ccccc4c23)cc1. The van der Waals surface area contributed by atoms with Crippen molar-refractivity contribution in [3.8, 4) is 22.3 Å². The molecule has 0 spiro atoms. The highest BCUT2D eigenvalue weighted by atomic mass is 16.3. The molecule has 0 radical (unpaired) electrons. The van der Waals surface area contributed by atoms with Gasteiger partial charge in [-0.25, -0.2) is 0 Å². The van der Waals surface area contributed by atoms with Crippen LogP contribution in [0.4, 0.5) is 11.4 Å². The zero-order valence-electron chi connectivity index (χ0n) is 21.8. The molecule has 0 saturated heterocycles. The van der Waals surface area contributed by atoms with E-state index in [-0.39, 0.29) is 0 Å². The van der Waals surface area contributed by atoms with E-state index in [1.807, 2.05) is 6.07 Å². The number of furan rings is 1. The summed E-state index contributed by atoms with van der Waals surface area (Å²) in [5.41, 5.74) is 8.34. The number of hydrogen-bond donors (Lipinski definition) is 1. The quantitative estimate of drug-likeness (QED) is 0.254. The van der Waals surface area contributed by atoms with Crippen molar-refractivity contribution in [2.24, 2.45) is 0 Å².